The highest BCUT2D eigenvalue weighted by atomic mass is 32.2. The van der Waals surface area contributed by atoms with Crippen LogP contribution in [0.3, 0.4) is 0 Å². The summed E-state index contributed by atoms with van der Waals surface area (Å²) in [6, 6.07) is 0.822. The van der Waals surface area contributed by atoms with Gasteiger partial charge in [0.1, 0.15) is 0 Å². The van der Waals surface area contributed by atoms with Crippen LogP contribution in [0.15, 0.2) is 0 Å². The van der Waals surface area contributed by atoms with Crippen LogP contribution in [0.2, 0.25) is 0 Å². The summed E-state index contributed by atoms with van der Waals surface area (Å²) in [6.07, 6.45) is 9.66. The normalized spacial score (nSPS) is 15.2. The number of hydrogen-bond acceptors (Lipinski definition) is 2. The van der Waals surface area contributed by atoms with Crippen molar-refractivity contribution in [3.05, 3.63) is 0 Å². The van der Waals surface area contributed by atoms with E-state index >= 15 is 0 Å². The van der Waals surface area contributed by atoms with Crippen LogP contribution in [0.5, 0.6) is 0 Å². The lowest BCUT2D eigenvalue weighted by atomic mass is 10.2. The molecule has 0 fully saturated rings. The summed E-state index contributed by atoms with van der Waals surface area (Å²) in [4.78, 5) is 0. The van der Waals surface area contributed by atoms with Gasteiger partial charge in [0.05, 0.1) is 6.04 Å². The van der Waals surface area contributed by atoms with Gasteiger partial charge in [-0.25, -0.2) is 0 Å². The molecule has 0 aromatic heterocycles. The maximum absolute atomic E-state index is 5.36. The Hall–Kier alpha value is -0.130. The van der Waals surface area contributed by atoms with Crippen molar-refractivity contribution in [3.8, 4) is 12.3 Å². The minimum absolute atomic E-state index is 0.252. The fourth-order valence-electron chi connectivity index (χ4n) is 1.05. The van der Waals surface area contributed by atoms with E-state index in [2.05, 4.69) is 31.3 Å². The zero-order valence-corrected chi connectivity index (χ0v) is 9.08. The van der Waals surface area contributed by atoms with E-state index in [9.17, 15) is 0 Å². The Kier molecular flexibility index (Phi) is 7.43. The third-order valence-electron chi connectivity index (χ3n) is 1.91. The van der Waals surface area contributed by atoms with Gasteiger partial charge in [0.15, 0.2) is 0 Å². The number of hydrogen-bond donors (Lipinski definition) is 1. The average molecular weight is 185 g/mol. The Morgan fingerprint density at radius 3 is 2.42 bits per heavy atom. The molecule has 1 N–H and O–H groups in total. The Balaban J connectivity index is 3.75. The highest BCUT2D eigenvalue weighted by Crippen LogP contribution is 2.03. The van der Waals surface area contributed by atoms with E-state index in [1.54, 1.807) is 0 Å². The Morgan fingerprint density at radius 1 is 1.42 bits per heavy atom. The molecule has 2 atom stereocenters. The molecular weight excluding hydrogens is 166 g/mol. The van der Waals surface area contributed by atoms with Crippen molar-refractivity contribution in [2.24, 2.45) is 0 Å². The van der Waals surface area contributed by atoms with Crippen molar-refractivity contribution in [2.45, 2.75) is 38.8 Å². The summed E-state index contributed by atoms with van der Waals surface area (Å²) in [7, 11) is 0. The Bertz CT molecular complexity index is 139. The van der Waals surface area contributed by atoms with Gasteiger partial charge in [-0.15, -0.1) is 6.42 Å². The van der Waals surface area contributed by atoms with Gasteiger partial charge >= 0.3 is 0 Å². The van der Waals surface area contributed by atoms with E-state index in [0.29, 0.717) is 6.04 Å². The van der Waals surface area contributed by atoms with Crippen molar-refractivity contribution < 1.29 is 0 Å². The topological polar surface area (TPSA) is 12.0 Å². The predicted octanol–water partition coefficient (Wildman–Crippen LogP) is 2.13. The lowest BCUT2D eigenvalue weighted by Crippen LogP contribution is -2.38. The van der Waals surface area contributed by atoms with Crippen LogP contribution < -0.4 is 5.32 Å². The molecule has 0 aromatic carbocycles. The van der Waals surface area contributed by atoms with Crippen LogP contribution in [-0.2, 0) is 0 Å². The molecule has 0 saturated heterocycles. The largest absolute Gasteiger partial charge is 0.300 e. The third kappa shape index (κ3) is 4.69. The molecule has 0 heterocycles. The van der Waals surface area contributed by atoms with E-state index in [0.717, 1.165) is 18.6 Å². The first-order valence-corrected chi connectivity index (χ1v) is 5.88. The van der Waals surface area contributed by atoms with E-state index in [-0.39, 0.29) is 6.04 Å². The number of thioether (sulfide) groups is 1. The van der Waals surface area contributed by atoms with Crippen LogP contribution in [0.1, 0.15) is 26.7 Å². The van der Waals surface area contributed by atoms with Gasteiger partial charge < -0.3 is 5.32 Å². The zero-order chi connectivity index (χ0) is 9.40. The quantitative estimate of drug-likeness (QED) is 0.636. The minimum Gasteiger partial charge on any atom is -0.300 e. The highest BCUT2D eigenvalue weighted by molar-refractivity contribution is 7.98. The molecule has 0 aliphatic rings. The van der Waals surface area contributed by atoms with Crippen molar-refractivity contribution in [1.29, 1.82) is 0 Å². The lowest BCUT2D eigenvalue weighted by Gasteiger charge is -2.19. The summed E-state index contributed by atoms with van der Waals surface area (Å²) in [5.41, 5.74) is 0. The van der Waals surface area contributed by atoms with Crippen LogP contribution in [-0.4, -0.2) is 24.1 Å². The minimum atomic E-state index is 0.252. The molecule has 12 heavy (non-hydrogen) atoms. The molecule has 0 aliphatic heterocycles. The second-order valence-corrected chi connectivity index (χ2v) is 3.77. The number of terminal acetylenes is 1. The monoisotopic (exact) mass is 185 g/mol. The van der Waals surface area contributed by atoms with E-state index in [1.165, 1.54) is 0 Å². The van der Waals surface area contributed by atoms with Gasteiger partial charge in [0.25, 0.3) is 0 Å². The van der Waals surface area contributed by atoms with E-state index in [4.69, 9.17) is 6.42 Å². The first-order chi connectivity index (χ1) is 5.78. The van der Waals surface area contributed by atoms with Crippen LogP contribution in [0.25, 0.3) is 0 Å². The van der Waals surface area contributed by atoms with Crippen molar-refractivity contribution in [3.63, 3.8) is 0 Å². The molecule has 0 radical (unpaired) electrons. The molecule has 0 spiro atoms. The van der Waals surface area contributed by atoms with Crippen molar-refractivity contribution >= 4 is 11.8 Å². The summed E-state index contributed by atoms with van der Waals surface area (Å²) < 4.78 is 0. The molecular formula is C10H19NS. The average Bonchev–Trinajstić information content (AvgIpc) is 2.12. The summed E-state index contributed by atoms with van der Waals surface area (Å²) in [5.74, 6) is 3.90. The van der Waals surface area contributed by atoms with Gasteiger partial charge in [-0.1, -0.05) is 19.8 Å². The molecule has 2 unspecified atom stereocenters. The van der Waals surface area contributed by atoms with E-state index < -0.39 is 0 Å². The van der Waals surface area contributed by atoms with Gasteiger partial charge in [0, 0.05) is 11.8 Å². The van der Waals surface area contributed by atoms with Crippen LogP contribution in [0, 0.1) is 12.3 Å². The summed E-state index contributed by atoms with van der Waals surface area (Å²) >= 11 is 1.87. The molecule has 0 rings (SSSR count). The standard InChI is InChI=1S/C10H19NS/c1-5-9(6-2)11-10(7-3)8-12-4/h1,9-11H,6-8H2,2-4H3. The van der Waals surface area contributed by atoms with Gasteiger partial charge in [-0.05, 0) is 19.1 Å². The SMILES string of the molecule is C#CC(CC)NC(CC)CSC. The smallest absolute Gasteiger partial charge is 0.0686 e. The molecule has 0 aliphatic carbocycles. The second-order valence-electron chi connectivity index (χ2n) is 2.85. The van der Waals surface area contributed by atoms with Crippen LogP contribution >= 0.6 is 11.8 Å². The second kappa shape index (κ2) is 7.52. The molecule has 0 amide bonds. The third-order valence-corrected chi connectivity index (χ3v) is 2.64. The van der Waals surface area contributed by atoms with Crippen molar-refractivity contribution in [1.82, 2.24) is 5.32 Å². The Morgan fingerprint density at radius 2 is 2.08 bits per heavy atom. The predicted molar refractivity (Wildman–Crippen MR) is 58.5 cm³/mol. The van der Waals surface area contributed by atoms with Gasteiger partial charge in [-0.3, -0.25) is 0 Å². The Labute approximate surface area is 80.7 Å². The number of nitrogens with one attached hydrogen (secondary N) is 1. The molecule has 1 nitrogen and oxygen atoms in total. The maximum Gasteiger partial charge on any atom is 0.0686 e. The zero-order valence-electron chi connectivity index (χ0n) is 8.26. The fraction of sp³-hybridized carbons (Fsp3) is 0.800. The van der Waals surface area contributed by atoms with Crippen LogP contribution in [0.4, 0.5) is 0 Å². The van der Waals surface area contributed by atoms with Crippen molar-refractivity contribution in [2.75, 3.05) is 12.0 Å². The summed E-state index contributed by atoms with van der Waals surface area (Å²) in [5, 5.41) is 3.45. The molecule has 0 aromatic rings. The molecule has 2 heteroatoms. The molecule has 70 valence electrons. The fourth-order valence-corrected chi connectivity index (χ4v) is 1.79. The number of rotatable bonds is 6. The van der Waals surface area contributed by atoms with Gasteiger partial charge in [0.2, 0.25) is 0 Å². The summed E-state index contributed by atoms with van der Waals surface area (Å²) in [6.45, 7) is 4.31. The highest BCUT2D eigenvalue weighted by Gasteiger charge is 2.08. The lowest BCUT2D eigenvalue weighted by molar-refractivity contribution is 0.491. The van der Waals surface area contributed by atoms with E-state index in [1.807, 2.05) is 11.8 Å². The van der Waals surface area contributed by atoms with Gasteiger partial charge in [-0.2, -0.15) is 11.8 Å². The molecule has 0 bridgehead atoms. The first kappa shape index (κ1) is 11.9. The maximum atomic E-state index is 5.36. The molecule has 0 saturated carbocycles. The first-order valence-electron chi connectivity index (χ1n) is 4.49.